The zero-order valence-corrected chi connectivity index (χ0v) is 16.1. The number of hydrogen-bond acceptors (Lipinski definition) is 4. The van der Waals surface area contributed by atoms with Crippen molar-refractivity contribution in [1.82, 2.24) is 10.3 Å². The molecule has 2 atom stereocenters. The number of thioether (sulfide) groups is 1. The number of aromatic nitrogens is 1. The van der Waals surface area contributed by atoms with Gasteiger partial charge in [0.1, 0.15) is 6.04 Å². The first-order valence-electron chi connectivity index (χ1n) is 8.66. The molecule has 0 aliphatic rings. The number of H-pyrrole nitrogens is 1. The number of esters is 1. The fourth-order valence-electron chi connectivity index (χ4n) is 3.06. The number of rotatable bonds is 7. The van der Waals surface area contributed by atoms with Crippen LogP contribution in [0.25, 0.3) is 10.9 Å². The number of carbonyl (C=O) groups is 2. The zero-order chi connectivity index (χ0) is 19.2. The molecular formula is C21H22N2O3S. The van der Waals surface area contributed by atoms with Gasteiger partial charge in [0.25, 0.3) is 0 Å². The summed E-state index contributed by atoms with van der Waals surface area (Å²) in [5.41, 5.74) is 3.11. The lowest BCUT2D eigenvalue weighted by Gasteiger charge is -2.25. The second kappa shape index (κ2) is 8.77. The summed E-state index contributed by atoms with van der Waals surface area (Å²) in [6.45, 7) is 1.41. The van der Waals surface area contributed by atoms with E-state index in [9.17, 15) is 9.59 Å². The smallest absolute Gasteiger partial charge is 0.329 e. The van der Waals surface area contributed by atoms with Gasteiger partial charge in [0.15, 0.2) is 0 Å². The Morgan fingerprint density at radius 2 is 1.81 bits per heavy atom. The summed E-state index contributed by atoms with van der Waals surface area (Å²) in [6, 6.07) is 17.2. The predicted molar refractivity (Wildman–Crippen MR) is 108 cm³/mol. The van der Waals surface area contributed by atoms with Gasteiger partial charge >= 0.3 is 5.97 Å². The third-order valence-electron chi connectivity index (χ3n) is 4.32. The Kier molecular flexibility index (Phi) is 6.19. The molecule has 140 valence electrons. The van der Waals surface area contributed by atoms with Crippen molar-refractivity contribution in [2.75, 3.05) is 7.11 Å². The minimum absolute atomic E-state index is 0.268. The number of para-hydroxylation sites is 1. The molecule has 5 nitrogen and oxygen atoms in total. The van der Waals surface area contributed by atoms with Gasteiger partial charge in [0, 0.05) is 29.8 Å². The highest BCUT2D eigenvalue weighted by Gasteiger charge is 2.33. The molecule has 27 heavy (non-hydrogen) atoms. The largest absolute Gasteiger partial charge is 0.467 e. The van der Waals surface area contributed by atoms with Crippen LogP contribution in [0.5, 0.6) is 0 Å². The van der Waals surface area contributed by atoms with E-state index in [4.69, 9.17) is 4.74 Å². The van der Waals surface area contributed by atoms with Gasteiger partial charge in [-0.1, -0.05) is 48.5 Å². The Balaban J connectivity index is 1.98. The second-order valence-corrected chi connectivity index (χ2v) is 7.34. The molecule has 6 heteroatoms. The van der Waals surface area contributed by atoms with Crippen LogP contribution in [-0.4, -0.2) is 30.0 Å². The van der Waals surface area contributed by atoms with E-state index in [0.717, 1.165) is 22.0 Å². The average molecular weight is 382 g/mol. The first-order valence-corrected chi connectivity index (χ1v) is 9.71. The first-order chi connectivity index (χ1) is 13.1. The topological polar surface area (TPSA) is 71.2 Å². The summed E-state index contributed by atoms with van der Waals surface area (Å²) in [5.74, 6) is -0.0189. The van der Waals surface area contributed by atoms with Crippen LogP contribution in [0.1, 0.15) is 23.3 Å². The Hall–Kier alpha value is -2.73. The summed E-state index contributed by atoms with van der Waals surface area (Å²) < 4.78 is 4.98. The number of carbonyl (C=O) groups excluding carboxylic acids is 2. The monoisotopic (exact) mass is 382 g/mol. The molecule has 2 aromatic carbocycles. The van der Waals surface area contributed by atoms with E-state index >= 15 is 0 Å². The van der Waals surface area contributed by atoms with Crippen LogP contribution in [0, 0.1) is 0 Å². The highest BCUT2D eigenvalue weighted by atomic mass is 32.2. The molecule has 3 aromatic rings. The van der Waals surface area contributed by atoms with E-state index in [1.807, 2.05) is 60.8 Å². The molecule has 0 fully saturated rings. The number of methoxy groups -OCH3 is 1. The Morgan fingerprint density at radius 3 is 2.52 bits per heavy atom. The fourth-order valence-corrected chi connectivity index (χ4v) is 4.37. The van der Waals surface area contributed by atoms with Gasteiger partial charge in [-0.05, 0) is 17.2 Å². The average Bonchev–Trinajstić information content (AvgIpc) is 3.11. The highest BCUT2D eigenvalue weighted by molar-refractivity contribution is 7.98. The molecule has 0 radical (unpaired) electrons. The third-order valence-corrected chi connectivity index (χ3v) is 5.70. The van der Waals surface area contributed by atoms with Gasteiger partial charge in [0.05, 0.1) is 12.4 Å². The van der Waals surface area contributed by atoms with Gasteiger partial charge in [-0.2, -0.15) is 0 Å². The van der Waals surface area contributed by atoms with Crippen molar-refractivity contribution in [2.24, 2.45) is 0 Å². The van der Waals surface area contributed by atoms with Gasteiger partial charge < -0.3 is 15.0 Å². The quantitative estimate of drug-likeness (QED) is 0.610. The van der Waals surface area contributed by atoms with Crippen molar-refractivity contribution >= 4 is 34.5 Å². The van der Waals surface area contributed by atoms with Crippen LogP contribution in [0.2, 0.25) is 0 Å². The van der Waals surface area contributed by atoms with Gasteiger partial charge in [-0.15, -0.1) is 11.8 Å². The number of benzene rings is 2. The third kappa shape index (κ3) is 4.52. The summed E-state index contributed by atoms with van der Waals surface area (Å²) in [5, 5.41) is 3.51. The van der Waals surface area contributed by atoms with Crippen LogP contribution in [0.3, 0.4) is 0 Å². The lowest BCUT2D eigenvalue weighted by atomic mass is 10.0. The Bertz CT molecular complexity index is 923. The van der Waals surface area contributed by atoms with E-state index in [-0.39, 0.29) is 11.2 Å². The maximum atomic E-state index is 12.5. The molecule has 0 spiro atoms. The predicted octanol–water partition coefficient (Wildman–Crippen LogP) is 3.82. The van der Waals surface area contributed by atoms with Crippen molar-refractivity contribution in [1.29, 1.82) is 0 Å². The second-order valence-electron chi connectivity index (χ2n) is 6.21. The zero-order valence-electron chi connectivity index (χ0n) is 15.3. The molecule has 2 N–H and O–H groups in total. The molecule has 2 unspecified atom stereocenters. The van der Waals surface area contributed by atoms with Crippen molar-refractivity contribution in [3.8, 4) is 0 Å². The molecule has 0 bridgehead atoms. The lowest BCUT2D eigenvalue weighted by Crippen LogP contribution is -2.43. The molecular weight excluding hydrogens is 360 g/mol. The standard InChI is InChI=1S/C21H22N2O3S/c1-14(24)23-19(21(25)26-2)20(27-13-15-8-4-3-5-9-15)17-12-22-18-11-7-6-10-16(17)18/h3-12,19-20,22H,13H2,1-2H3,(H,23,24). The summed E-state index contributed by atoms with van der Waals surface area (Å²) in [7, 11) is 1.34. The minimum Gasteiger partial charge on any atom is -0.467 e. The van der Waals surface area contributed by atoms with Crippen molar-refractivity contribution in [3.63, 3.8) is 0 Å². The van der Waals surface area contributed by atoms with E-state index in [1.54, 1.807) is 11.8 Å². The maximum Gasteiger partial charge on any atom is 0.329 e. The van der Waals surface area contributed by atoms with E-state index in [1.165, 1.54) is 14.0 Å². The molecule has 0 saturated heterocycles. The number of aromatic amines is 1. The lowest BCUT2D eigenvalue weighted by molar-refractivity contribution is -0.144. The van der Waals surface area contributed by atoms with Crippen LogP contribution in [0.15, 0.2) is 60.8 Å². The SMILES string of the molecule is COC(=O)C(NC(C)=O)C(SCc1ccccc1)c1c[nH]c2ccccc12. The van der Waals surface area contributed by atoms with Crippen LogP contribution in [0.4, 0.5) is 0 Å². The van der Waals surface area contributed by atoms with E-state index < -0.39 is 12.0 Å². The van der Waals surface area contributed by atoms with Gasteiger partial charge in [-0.25, -0.2) is 4.79 Å². The van der Waals surface area contributed by atoms with Crippen molar-refractivity contribution in [2.45, 2.75) is 24.0 Å². The van der Waals surface area contributed by atoms with E-state index in [2.05, 4.69) is 10.3 Å². The number of nitrogens with one attached hydrogen (secondary N) is 2. The molecule has 0 saturated carbocycles. The number of fused-ring (bicyclic) bond motifs is 1. The van der Waals surface area contributed by atoms with Gasteiger partial charge in [-0.3, -0.25) is 4.79 Å². The van der Waals surface area contributed by atoms with Crippen molar-refractivity contribution < 1.29 is 14.3 Å². The Morgan fingerprint density at radius 1 is 1.11 bits per heavy atom. The normalized spacial score (nSPS) is 13.1. The number of hydrogen-bond donors (Lipinski definition) is 2. The number of amides is 1. The molecule has 3 rings (SSSR count). The van der Waals surface area contributed by atoms with Crippen LogP contribution < -0.4 is 5.32 Å². The van der Waals surface area contributed by atoms with E-state index in [0.29, 0.717) is 5.75 Å². The molecule has 1 amide bonds. The summed E-state index contributed by atoms with van der Waals surface area (Å²) in [6.07, 6.45) is 1.91. The minimum atomic E-state index is -0.777. The molecule has 0 aliphatic heterocycles. The first kappa shape index (κ1) is 19.0. The van der Waals surface area contributed by atoms with Crippen molar-refractivity contribution in [3.05, 3.63) is 71.9 Å². The number of ether oxygens (including phenoxy) is 1. The van der Waals surface area contributed by atoms with Crippen LogP contribution >= 0.6 is 11.8 Å². The fraction of sp³-hybridized carbons (Fsp3) is 0.238. The highest BCUT2D eigenvalue weighted by Crippen LogP contribution is 2.38. The molecule has 1 aromatic heterocycles. The summed E-state index contributed by atoms with van der Waals surface area (Å²) >= 11 is 1.61. The maximum absolute atomic E-state index is 12.5. The summed E-state index contributed by atoms with van der Waals surface area (Å²) in [4.78, 5) is 27.5. The van der Waals surface area contributed by atoms with Crippen LogP contribution in [-0.2, 0) is 20.1 Å². The Labute approximate surface area is 162 Å². The van der Waals surface area contributed by atoms with Gasteiger partial charge in [0.2, 0.25) is 5.91 Å². The molecule has 1 heterocycles. The molecule has 0 aliphatic carbocycles.